The quantitative estimate of drug-likeness (QED) is 0.0657. The van der Waals surface area contributed by atoms with Gasteiger partial charge in [-0.1, -0.05) is 53.4 Å². The Labute approximate surface area is 328 Å². The van der Waals surface area contributed by atoms with E-state index in [1.165, 1.54) is 0 Å². The number of hydrogen-bond acceptors (Lipinski definition) is 14. The van der Waals surface area contributed by atoms with Crippen molar-refractivity contribution in [1.82, 2.24) is 0 Å². The molecule has 268 valence electrons. The third-order valence-corrected chi connectivity index (χ3v) is 7.88. The van der Waals surface area contributed by atoms with E-state index in [4.69, 9.17) is 18.9 Å². The van der Waals surface area contributed by atoms with Gasteiger partial charge in [-0.3, -0.25) is 0 Å². The van der Waals surface area contributed by atoms with E-state index in [1.54, 1.807) is 0 Å². The molecule has 49 heavy (non-hydrogen) atoms. The minimum atomic E-state index is -4.83. The first-order valence-corrected chi connectivity index (χ1v) is 18.3. The molecule has 14 nitrogen and oxygen atoms in total. The third kappa shape index (κ3) is 18.0. The standard InChI is InChI=1S/2C16H22O7S.Ba/c2*1-3-5-7-22-15(17)12-9-13(16(18)23-8-6-4-2)11-14(10-12)24(19,20)21;/h2*9-11H,3-8H2,1-2H3,(H,19,20,21);/q;;+2/p-2. The van der Waals surface area contributed by atoms with E-state index < -0.39 is 53.9 Å². The van der Waals surface area contributed by atoms with Crippen LogP contribution in [0.2, 0.25) is 0 Å². The van der Waals surface area contributed by atoms with Crippen LogP contribution in [-0.4, -0.2) is 125 Å². The van der Waals surface area contributed by atoms with Gasteiger partial charge in [0.1, 0.15) is 20.2 Å². The van der Waals surface area contributed by atoms with Crippen LogP contribution in [0.15, 0.2) is 46.2 Å². The van der Waals surface area contributed by atoms with Crippen molar-refractivity contribution in [3.63, 3.8) is 0 Å². The zero-order valence-electron chi connectivity index (χ0n) is 28.2. The molecule has 0 atom stereocenters. The summed E-state index contributed by atoms with van der Waals surface area (Å²) < 4.78 is 87.4. The molecule has 0 saturated carbocycles. The second-order valence-electron chi connectivity index (χ2n) is 10.4. The molecular weight excluding hydrogens is 810 g/mol. The van der Waals surface area contributed by atoms with Gasteiger partial charge in [0.2, 0.25) is 0 Å². The van der Waals surface area contributed by atoms with Crippen LogP contribution < -0.4 is 0 Å². The molecule has 2 aromatic rings. The van der Waals surface area contributed by atoms with Gasteiger partial charge in [-0.2, -0.15) is 0 Å². The summed E-state index contributed by atoms with van der Waals surface area (Å²) in [5, 5.41) is 0. The Kier molecular flexibility index (Phi) is 22.9. The molecule has 0 heterocycles. The van der Waals surface area contributed by atoms with Crippen molar-refractivity contribution in [3.05, 3.63) is 58.7 Å². The largest absolute Gasteiger partial charge is 2.00 e. The molecule has 0 saturated heterocycles. The molecule has 2 rings (SSSR count). The van der Waals surface area contributed by atoms with Gasteiger partial charge in [0, 0.05) is 0 Å². The minimum absolute atomic E-state index is 0. The molecule has 0 aliphatic rings. The van der Waals surface area contributed by atoms with Gasteiger partial charge in [0.15, 0.2) is 0 Å². The number of unbranched alkanes of at least 4 members (excludes halogenated alkanes) is 4. The van der Waals surface area contributed by atoms with Crippen LogP contribution in [0.3, 0.4) is 0 Å². The Hall–Kier alpha value is -2.29. The van der Waals surface area contributed by atoms with Crippen LogP contribution in [0, 0.1) is 0 Å². The molecule has 0 spiro atoms. The maximum Gasteiger partial charge on any atom is 2.00 e. The van der Waals surface area contributed by atoms with Crippen molar-refractivity contribution in [1.29, 1.82) is 0 Å². The predicted octanol–water partition coefficient (Wildman–Crippen LogP) is 4.63. The van der Waals surface area contributed by atoms with Gasteiger partial charge < -0.3 is 28.1 Å². The van der Waals surface area contributed by atoms with Crippen molar-refractivity contribution in [3.8, 4) is 0 Å². The van der Waals surface area contributed by atoms with Gasteiger partial charge in [-0.25, -0.2) is 36.0 Å². The van der Waals surface area contributed by atoms with Crippen LogP contribution >= 0.6 is 0 Å². The molecule has 0 aromatic heterocycles. The zero-order chi connectivity index (χ0) is 36.3. The van der Waals surface area contributed by atoms with Crippen molar-refractivity contribution in [2.45, 2.75) is 88.9 Å². The van der Waals surface area contributed by atoms with E-state index in [-0.39, 0.29) is 97.6 Å². The van der Waals surface area contributed by atoms with Crippen molar-refractivity contribution < 1.29 is 64.1 Å². The Morgan fingerprint density at radius 1 is 0.469 bits per heavy atom. The monoisotopic (exact) mass is 852 g/mol. The number of benzene rings is 2. The topological polar surface area (TPSA) is 220 Å². The number of hydrogen-bond donors (Lipinski definition) is 0. The van der Waals surface area contributed by atoms with Crippen molar-refractivity contribution in [2.24, 2.45) is 0 Å². The number of ether oxygens (including phenoxy) is 4. The summed E-state index contributed by atoms with van der Waals surface area (Å²) in [6.07, 6.45) is 5.87. The number of carbonyl (C=O) groups is 4. The Morgan fingerprint density at radius 3 is 0.837 bits per heavy atom. The Balaban J connectivity index is 0.000000922. The number of carbonyl (C=O) groups excluding carboxylic acids is 4. The fraction of sp³-hybridized carbons (Fsp3) is 0.500. The molecule has 0 N–H and O–H groups in total. The van der Waals surface area contributed by atoms with E-state index in [0.29, 0.717) is 25.7 Å². The summed E-state index contributed by atoms with van der Waals surface area (Å²) >= 11 is 0. The molecule has 0 aliphatic heterocycles. The molecule has 0 amide bonds. The minimum Gasteiger partial charge on any atom is -0.744 e. The summed E-state index contributed by atoms with van der Waals surface area (Å²) in [7, 11) is -9.66. The van der Waals surface area contributed by atoms with Gasteiger partial charge >= 0.3 is 72.8 Å². The molecule has 0 unspecified atom stereocenters. The zero-order valence-corrected chi connectivity index (χ0v) is 34.3. The Bertz CT molecular complexity index is 1410. The SMILES string of the molecule is CCCCOC(=O)c1cc(C(=O)OCCCC)cc(S(=O)(=O)[O-])c1.CCCCOC(=O)c1cc(C(=O)OCCCC)cc(S(=O)(=O)[O-])c1.[Ba+2]. The summed E-state index contributed by atoms with van der Waals surface area (Å²) in [4.78, 5) is 46.5. The smallest absolute Gasteiger partial charge is 0.744 e. The Morgan fingerprint density at radius 2 is 0.673 bits per heavy atom. The molecular formula is C32H42BaO14S2. The summed E-state index contributed by atoms with van der Waals surface area (Å²) in [6, 6.07) is 5.94. The average molecular weight is 852 g/mol. The molecule has 0 bridgehead atoms. The van der Waals surface area contributed by atoms with Crippen LogP contribution in [0.1, 0.15) is 120 Å². The second-order valence-corrected chi connectivity index (χ2v) is 13.1. The predicted molar refractivity (Wildman–Crippen MR) is 175 cm³/mol. The van der Waals surface area contributed by atoms with E-state index in [1.807, 2.05) is 27.7 Å². The normalized spacial score (nSPS) is 10.9. The van der Waals surface area contributed by atoms with Crippen LogP contribution in [0.4, 0.5) is 0 Å². The average Bonchev–Trinajstić information content (AvgIpc) is 3.04. The molecule has 0 aliphatic carbocycles. The number of esters is 4. The molecule has 17 heteroatoms. The summed E-state index contributed by atoms with van der Waals surface area (Å²) in [6.45, 7) is 8.34. The molecule has 2 aromatic carbocycles. The summed E-state index contributed by atoms with van der Waals surface area (Å²) in [5.41, 5.74) is -0.702. The van der Waals surface area contributed by atoms with Crippen molar-refractivity contribution >= 4 is 93.0 Å². The van der Waals surface area contributed by atoms with Gasteiger partial charge in [-0.05, 0) is 62.1 Å². The maximum absolute atomic E-state index is 12.0. The van der Waals surface area contributed by atoms with Gasteiger partial charge in [-0.15, -0.1) is 0 Å². The van der Waals surface area contributed by atoms with E-state index in [9.17, 15) is 45.1 Å². The van der Waals surface area contributed by atoms with Gasteiger partial charge in [0.05, 0.1) is 58.5 Å². The number of rotatable bonds is 18. The van der Waals surface area contributed by atoms with Crippen LogP contribution in [-0.2, 0) is 39.2 Å². The first-order chi connectivity index (χ1) is 22.6. The molecule has 0 fully saturated rings. The third-order valence-electron chi connectivity index (χ3n) is 6.26. The van der Waals surface area contributed by atoms with E-state index in [2.05, 4.69) is 0 Å². The van der Waals surface area contributed by atoms with E-state index in [0.717, 1.165) is 62.1 Å². The van der Waals surface area contributed by atoms with Crippen LogP contribution in [0.25, 0.3) is 0 Å². The maximum atomic E-state index is 12.0. The first kappa shape index (κ1) is 46.7. The molecule has 0 radical (unpaired) electrons. The van der Waals surface area contributed by atoms with Crippen LogP contribution in [0.5, 0.6) is 0 Å². The fourth-order valence-electron chi connectivity index (χ4n) is 3.53. The summed E-state index contributed by atoms with van der Waals surface area (Å²) in [5.74, 6) is -3.18. The second kappa shape index (κ2) is 24.0. The van der Waals surface area contributed by atoms with E-state index >= 15 is 0 Å². The first-order valence-electron chi connectivity index (χ1n) is 15.5. The van der Waals surface area contributed by atoms with Gasteiger partial charge in [0.25, 0.3) is 0 Å². The fourth-order valence-corrected chi connectivity index (χ4v) is 4.61. The van der Waals surface area contributed by atoms with Crippen molar-refractivity contribution in [2.75, 3.05) is 26.4 Å².